The number of aromatic nitrogens is 1. The second-order valence-corrected chi connectivity index (χ2v) is 5.70. The van der Waals surface area contributed by atoms with Crippen LogP contribution in [0.5, 0.6) is 5.75 Å². The molecule has 1 aliphatic rings. The summed E-state index contributed by atoms with van der Waals surface area (Å²) in [5, 5.41) is 7.34. The Balaban J connectivity index is 0.00000192. The number of carbonyl (C=O) groups excluding carboxylic acids is 1. The van der Waals surface area contributed by atoms with Crippen molar-refractivity contribution < 1.29 is 9.53 Å². The highest BCUT2D eigenvalue weighted by atomic mass is 35.5. The molecule has 1 fully saturated rings. The standard InChI is InChI=1S/C17H21N3O2.ClH/c1-11-15(17(21)20-13-4-3-7-18-10-13)8-12-5-6-14(22-2)9-16(12)19-11;/h5-6,8-9,13,18H,3-4,7,10H2,1-2H3,(H,20,21);1H/t13-;/m0./s1. The minimum atomic E-state index is -0.0450. The van der Waals surface area contributed by atoms with Gasteiger partial charge in [-0.25, -0.2) is 0 Å². The van der Waals surface area contributed by atoms with E-state index in [4.69, 9.17) is 4.74 Å². The number of halogens is 1. The third kappa shape index (κ3) is 3.92. The minimum absolute atomic E-state index is 0. The molecule has 5 nitrogen and oxygen atoms in total. The van der Waals surface area contributed by atoms with Gasteiger partial charge in [0.2, 0.25) is 0 Å². The SMILES string of the molecule is COc1ccc2cc(C(=O)N[C@H]3CCCNC3)c(C)nc2c1.Cl. The molecule has 23 heavy (non-hydrogen) atoms. The van der Waals surface area contributed by atoms with Crippen LogP contribution in [0.15, 0.2) is 24.3 Å². The van der Waals surface area contributed by atoms with Gasteiger partial charge in [0.1, 0.15) is 5.75 Å². The molecule has 3 rings (SSSR count). The van der Waals surface area contributed by atoms with Crippen molar-refractivity contribution in [1.29, 1.82) is 0 Å². The molecule has 6 heteroatoms. The number of rotatable bonds is 3. The molecule has 2 heterocycles. The smallest absolute Gasteiger partial charge is 0.253 e. The lowest BCUT2D eigenvalue weighted by molar-refractivity contribution is 0.0930. The molecule has 0 unspecified atom stereocenters. The van der Waals surface area contributed by atoms with E-state index in [1.165, 1.54) is 0 Å². The van der Waals surface area contributed by atoms with Crippen LogP contribution in [0.4, 0.5) is 0 Å². The number of nitrogens with one attached hydrogen (secondary N) is 2. The molecule has 0 aliphatic carbocycles. The van der Waals surface area contributed by atoms with E-state index in [1.54, 1.807) is 7.11 Å². The van der Waals surface area contributed by atoms with Gasteiger partial charge in [-0.3, -0.25) is 9.78 Å². The Hall–Kier alpha value is -1.85. The van der Waals surface area contributed by atoms with Crippen LogP contribution in [0.3, 0.4) is 0 Å². The van der Waals surface area contributed by atoms with Crippen LogP contribution in [0.25, 0.3) is 10.9 Å². The fourth-order valence-corrected chi connectivity index (χ4v) is 2.84. The molecule has 1 aromatic heterocycles. The summed E-state index contributed by atoms with van der Waals surface area (Å²) in [7, 11) is 1.63. The van der Waals surface area contributed by atoms with Gasteiger partial charge in [-0.2, -0.15) is 0 Å². The molecule has 1 amide bonds. The van der Waals surface area contributed by atoms with Crippen LogP contribution in [0.1, 0.15) is 28.9 Å². The number of hydrogen-bond acceptors (Lipinski definition) is 4. The second-order valence-electron chi connectivity index (χ2n) is 5.70. The molecule has 0 bridgehead atoms. The predicted octanol–water partition coefficient (Wildman–Crippen LogP) is 2.46. The first-order valence-electron chi connectivity index (χ1n) is 7.64. The van der Waals surface area contributed by atoms with Crippen molar-refractivity contribution in [3.63, 3.8) is 0 Å². The first-order chi connectivity index (χ1) is 10.7. The first-order valence-corrected chi connectivity index (χ1v) is 7.64. The van der Waals surface area contributed by atoms with E-state index < -0.39 is 0 Å². The van der Waals surface area contributed by atoms with Crippen LogP contribution >= 0.6 is 12.4 Å². The summed E-state index contributed by atoms with van der Waals surface area (Å²) in [5.41, 5.74) is 2.22. The van der Waals surface area contributed by atoms with E-state index in [-0.39, 0.29) is 24.4 Å². The number of hydrogen-bond donors (Lipinski definition) is 2. The molecule has 1 saturated heterocycles. The van der Waals surface area contributed by atoms with Crippen LogP contribution in [0, 0.1) is 6.92 Å². The first kappa shape index (κ1) is 17.5. The van der Waals surface area contributed by atoms with E-state index in [0.29, 0.717) is 5.56 Å². The Morgan fingerprint density at radius 3 is 2.91 bits per heavy atom. The molecular formula is C17H22ClN3O2. The maximum atomic E-state index is 12.5. The van der Waals surface area contributed by atoms with Crippen molar-refractivity contribution in [2.45, 2.75) is 25.8 Å². The van der Waals surface area contributed by atoms with Gasteiger partial charge in [0.05, 0.1) is 23.9 Å². The van der Waals surface area contributed by atoms with Gasteiger partial charge in [0.25, 0.3) is 5.91 Å². The zero-order valence-corrected chi connectivity index (χ0v) is 14.2. The highest BCUT2D eigenvalue weighted by Crippen LogP contribution is 2.21. The monoisotopic (exact) mass is 335 g/mol. The van der Waals surface area contributed by atoms with Crippen LogP contribution in [-0.4, -0.2) is 37.1 Å². The van der Waals surface area contributed by atoms with E-state index in [1.807, 2.05) is 31.2 Å². The molecule has 0 saturated carbocycles. The summed E-state index contributed by atoms with van der Waals surface area (Å²) in [5.74, 6) is 0.723. The Morgan fingerprint density at radius 2 is 2.22 bits per heavy atom. The Labute approximate surface area is 142 Å². The van der Waals surface area contributed by atoms with Gasteiger partial charge in [-0.1, -0.05) is 0 Å². The van der Waals surface area contributed by atoms with Gasteiger partial charge in [-0.05, 0) is 44.5 Å². The van der Waals surface area contributed by atoms with Crippen molar-refractivity contribution in [2.24, 2.45) is 0 Å². The second kappa shape index (κ2) is 7.62. The van der Waals surface area contributed by atoms with Crippen LogP contribution in [-0.2, 0) is 0 Å². The molecule has 1 aliphatic heterocycles. The van der Waals surface area contributed by atoms with E-state index in [0.717, 1.165) is 48.3 Å². The van der Waals surface area contributed by atoms with E-state index in [2.05, 4.69) is 15.6 Å². The molecule has 124 valence electrons. The van der Waals surface area contributed by atoms with Crippen molar-refractivity contribution >= 4 is 29.2 Å². The van der Waals surface area contributed by atoms with Crippen molar-refractivity contribution in [1.82, 2.24) is 15.6 Å². The quantitative estimate of drug-likeness (QED) is 0.904. The highest BCUT2D eigenvalue weighted by molar-refractivity contribution is 5.99. The van der Waals surface area contributed by atoms with Crippen molar-refractivity contribution in [3.05, 3.63) is 35.5 Å². The molecule has 1 aromatic carbocycles. The molecule has 2 aromatic rings. The molecule has 0 spiro atoms. The number of amides is 1. The van der Waals surface area contributed by atoms with Gasteiger partial charge < -0.3 is 15.4 Å². The zero-order chi connectivity index (χ0) is 15.5. The Kier molecular flexibility index (Phi) is 5.80. The summed E-state index contributed by atoms with van der Waals surface area (Å²) < 4.78 is 5.21. The van der Waals surface area contributed by atoms with E-state index in [9.17, 15) is 4.79 Å². The van der Waals surface area contributed by atoms with Crippen molar-refractivity contribution in [2.75, 3.05) is 20.2 Å². The largest absolute Gasteiger partial charge is 0.497 e. The lowest BCUT2D eigenvalue weighted by Gasteiger charge is -2.24. The Bertz CT molecular complexity index is 700. The maximum absolute atomic E-state index is 12.5. The minimum Gasteiger partial charge on any atom is -0.497 e. The average Bonchev–Trinajstić information content (AvgIpc) is 2.54. The van der Waals surface area contributed by atoms with Gasteiger partial charge >= 0.3 is 0 Å². The summed E-state index contributed by atoms with van der Waals surface area (Å²) in [4.78, 5) is 17.0. The average molecular weight is 336 g/mol. The Morgan fingerprint density at radius 1 is 1.39 bits per heavy atom. The highest BCUT2D eigenvalue weighted by Gasteiger charge is 2.18. The summed E-state index contributed by atoms with van der Waals surface area (Å²) in [6.07, 6.45) is 2.12. The summed E-state index contributed by atoms with van der Waals surface area (Å²) in [6.45, 7) is 3.74. The number of benzene rings is 1. The predicted molar refractivity (Wildman–Crippen MR) is 93.6 cm³/mol. The van der Waals surface area contributed by atoms with Crippen LogP contribution < -0.4 is 15.4 Å². The number of fused-ring (bicyclic) bond motifs is 1. The summed E-state index contributed by atoms with van der Waals surface area (Å²) >= 11 is 0. The fourth-order valence-electron chi connectivity index (χ4n) is 2.84. The number of methoxy groups -OCH3 is 1. The van der Waals surface area contributed by atoms with Gasteiger partial charge in [0.15, 0.2) is 0 Å². The molecule has 2 N–H and O–H groups in total. The number of nitrogens with zero attached hydrogens (tertiary/aromatic N) is 1. The normalized spacial score (nSPS) is 17.4. The zero-order valence-electron chi connectivity index (χ0n) is 13.4. The topological polar surface area (TPSA) is 63.2 Å². The van der Waals surface area contributed by atoms with E-state index >= 15 is 0 Å². The van der Waals surface area contributed by atoms with Crippen molar-refractivity contribution in [3.8, 4) is 5.75 Å². The third-order valence-electron chi connectivity index (χ3n) is 4.09. The number of pyridine rings is 1. The lowest BCUT2D eigenvalue weighted by Crippen LogP contribution is -2.45. The molecule has 1 atom stereocenters. The fraction of sp³-hybridized carbons (Fsp3) is 0.412. The third-order valence-corrected chi connectivity index (χ3v) is 4.09. The molecular weight excluding hydrogens is 314 g/mol. The van der Waals surface area contributed by atoms with Gasteiger partial charge in [-0.15, -0.1) is 12.4 Å². The number of aryl methyl sites for hydroxylation is 1. The maximum Gasteiger partial charge on any atom is 0.253 e. The number of ether oxygens (including phenoxy) is 1. The van der Waals surface area contributed by atoms with Gasteiger partial charge in [0, 0.05) is 24.0 Å². The summed E-state index contributed by atoms with van der Waals surface area (Å²) in [6, 6.07) is 7.80. The lowest BCUT2D eigenvalue weighted by atomic mass is 10.1. The molecule has 0 radical (unpaired) electrons. The number of piperidine rings is 1. The number of carbonyl (C=O) groups is 1. The van der Waals surface area contributed by atoms with Crippen LogP contribution in [0.2, 0.25) is 0 Å².